The minimum Gasteiger partial charge on any atom is -0.490 e. The summed E-state index contributed by atoms with van der Waals surface area (Å²) in [4.78, 5) is 36.0. The molecule has 0 bridgehead atoms. The predicted molar refractivity (Wildman–Crippen MR) is 86.9 cm³/mol. The van der Waals surface area contributed by atoms with Crippen molar-refractivity contribution < 1.29 is 24.0 Å². The Bertz CT molecular complexity index is 643. The number of hydrogen-bond acceptors (Lipinski definition) is 6. The second-order valence-electron chi connectivity index (χ2n) is 5.07. The molecule has 0 fully saturated rings. The molecule has 0 radical (unpaired) electrons. The number of carbonyl (C=O) groups is 2. The second kappa shape index (κ2) is 8.66. The van der Waals surface area contributed by atoms with Crippen LogP contribution in [0.15, 0.2) is 30.9 Å². The van der Waals surface area contributed by atoms with Crippen LogP contribution >= 0.6 is 0 Å². The van der Waals surface area contributed by atoms with Crippen LogP contribution in [-0.2, 0) is 9.53 Å². The Morgan fingerprint density at radius 3 is 2.58 bits per heavy atom. The Balaban J connectivity index is 3.10. The summed E-state index contributed by atoms with van der Waals surface area (Å²) < 4.78 is 9.56. The van der Waals surface area contributed by atoms with E-state index in [9.17, 15) is 19.7 Å². The van der Waals surface area contributed by atoms with Crippen molar-refractivity contribution in [3.05, 3.63) is 46.5 Å². The van der Waals surface area contributed by atoms with Gasteiger partial charge in [0.05, 0.1) is 25.1 Å². The van der Waals surface area contributed by atoms with Gasteiger partial charge in [-0.15, -0.1) is 6.58 Å². The first-order valence-electron chi connectivity index (χ1n) is 7.16. The van der Waals surface area contributed by atoms with Gasteiger partial charge in [0.1, 0.15) is 0 Å². The average Bonchev–Trinajstić information content (AvgIpc) is 2.59. The molecule has 0 heterocycles. The monoisotopic (exact) mass is 336 g/mol. The summed E-state index contributed by atoms with van der Waals surface area (Å²) in [6.45, 7) is 5.52. The summed E-state index contributed by atoms with van der Waals surface area (Å²) in [5, 5.41) is 11.1. The van der Waals surface area contributed by atoms with Crippen LogP contribution in [0.3, 0.4) is 0 Å². The SMILES string of the molecule is C=CCN(CC(C)C(=O)OC)C(=O)c1ccc(OC)c([N+](=O)[O-])c1. The highest BCUT2D eigenvalue weighted by Crippen LogP contribution is 2.28. The van der Waals surface area contributed by atoms with Crippen LogP contribution in [-0.4, -0.2) is 49.0 Å². The summed E-state index contributed by atoms with van der Waals surface area (Å²) in [5.74, 6) is -1.36. The van der Waals surface area contributed by atoms with Crippen LogP contribution in [0.25, 0.3) is 0 Å². The van der Waals surface area contributed by atoms with Crippen LogP contribution < -0.4 is 4.74 Å². The average molecular weight is 336 g/mol. The molecular formula is C16H20N2O6. The molecule has 0 saturated heterocycles. The van der Waals surface area contributed by atoms with Gasteiger partial charge in [-0.1, -0.05) is 13.0 Å². The zero-order valence-electron chi connectivity index (χ0n) is 13.9. The number of nitro groups is 1. The van der Waals surface area contributed by atoms with E-state index in [4.69, 9.17) is 4.74 Å². The number of esters is 1. The molecule has 0 aliphatic carbocycles. The van der Waals surface area contributed by atoms with Gasteiger partial charge in [-0.25, -0.2) is 0 Å². The van der Waals surface area contributed by atoms with E-state index in [1.807, 2.05) is 0 Å². The van der Waals surface area contributed by atoms with E-state index in [0.29, 0.717) is 0 Å². The largest absolute Gasteiger partial charge is 0.490 e. The van der Waals surface area contributed by atoms with Crippen molar-refractivity contribution in [2.75, 3.05) is 27.3 Å². The molecule has 1 atom stereocenters. The summed E-state index contributed by atoms with van der Waals surface area (Å²) in [5.41, 5.74) is -0.177. The van der Waals surface area contributed by atoms with Crippen molar-refractivity contribution >= 4 is 17.6 Å². The minimum absolute atomic E-state index is 0.0646. The molecule has 1 aromatic rings. The molecule has 0 aliphatic rings. The molecule has 0 aliphatic heterocycles. The summed E-state index contributed by atoms with van der Waals surface area (Å²) >= 11 is 0. The van der Waals surface area contributed by atoms with Crippen LogP contribution in [0.2, 0.25) is 0 Å². The van der Waals surface area contributed by atoms with E-state index in [-0.39, 0.29) is 30.1 Å². The number of benzene rings is 1. The summed E-state index contributed by atoms with van der Waals surface area (Å²) in [6, 6.07) is 3.95. The number of ether oxygens (including phenoxy) is 2. The molecule has 0 spiro atoms. The maximum atomic E-state index is 12.6. The molecular weight excluding hydrogens is 316 g/mol. The van der Waals surface area contributed by atoms with Gasteiger partial charge in [-0.05, 0) is 12.1 Å². The van der Waals surface area contributed by atoms with Gasteiger partial charge in [0.2, 0.25) is 0 Å². The van der Waals surface area contributed by atoms with E-state index < -0.39 is 22.7 Å². The Morgan fingerprint density at radius 1 is 1.42 bits per heavy atom. The van der Waals surface area contributed by atoms with Crippen LogP contribution in [0, 0.1) is 16.0 Å². The molecule has 1 unspecified atom stereocenters. The summed E-state index contributed by atoms with van der Waals surface area (Å²) in [7, 11) is 2.58. The molecule has 8 nitrogen and oxygen atoms in total. The van der Waals surface area contributed by atoms with E-state index in [2.05, 4.69) is 11.3 Å². The third-order valence-corrected chi connectivity index (χ3v) is 3.36. The minimum atomic E-state index is -0.621. The maximum Gasteiger partial charge on any atom is 0.311 e. The zero-order valence-corrected chi connectivity index (χ0v) is 13.9. The normalized spacial score (nSPS) is 11.3. The highest BCUT2D eigenvalue weighted by molar-refractivity contribution is 5.95. The van der Waals surface area contributed by atoms with Crippen LogP contribution in [0.4, 0.5) is 5.69 Å². The first-order chi connectivity index (χ1) is 11.3. The van der Waals surface area contributed by atoms with Crippen LogP contribution in [0.5, 0.6) is 5.75 Å². The van der Waals surface area contributed by atoms with Gasteiger partial charge in [-0.2, -0.15) is 0 Å². The molecule has 0 aromatic heterocycles. The van der Waals surface area contributed by atoms with E-state index in [0.717, 1.165) is 6.07 Å². The molecule has 8 heteroatoms. The number of methoxy groups -OCH3 is 2. The standard InChI is InChI=1S/C16H20N2O6/c1-5-8-17(10-11(2)16(20)24-4)15(19)12-6-7-14(23-3)13(9-12)18(21)22/h5-7,9,11H,1,8,10H2,2-4H3. The summed E-state index contributed by atoms with van der Waals surface area (Å²) in [6.07, 6.45) is 1.51. The third kappa shape index (κ3) is 4.55. The van der Waals surface area contributed by atoms with Crippen molar-refractivity contribution in [1.82, 2.24) is 4.90 Å². The molecule has 1 aromatic carbocycles. The lowest BCUT2D eigenvalue weighted by atomic mass is 10.1. The van der Waals surface area contributed by atoms with E-state index in [1.54, 1.807) is 6.92 Å². The maximum absolute atomic E-state index is 12.6. The highest BCUT2D eigenvalue weighted by Gasteiger charge is 2.24. The van der Waals surface area contributed by atoms with Crippen molar-refractivity contribution in [3.8, 4) is 5.75 Å². The van der Waals surface area contributed by atoms with Crippen LogP contribution in [0.1, 0.15) is 17.3 Å². The fourth-order valence-electron chi connectivity index (χ4n) is 2.15. The van der Waals surface area contributed by atoms with Crippen molar-refractivity contribution in [1.29, 1.82) is 0 Å². The number of nitrogens with zero attached hydrogens (tertiary/aromatic N) is 2. The van der Waals surface area contributed by atoms with Gasteiger partial charge in [-0.3, -0.25) is 19.7 Å². The fraction of sp³-hybridized carbons (Fsp3) is 0.375. The lowest BCUT2D eigenvalue weighted by molar-refractivity contribution is -0.385. The Hall–Kier alpha value is -2.90. The van der Waals surface area contributed by atoms with Crippen molar-refractivity contribution in [2.24, 2.45) is 5.92 Å². The first kappa shape index (κ1) is 19.1. The van der Waals surface area contributed by atoms with E-state index in [1.165, 1.54) is 37.3 Å². The van der Waals surface area contributed by atoms with Gasteiger partial charge in [0.25, 0.3) is 5.91 Å². The Labute approximate surface area is 139 Å². The number of rotatable bonds is 8. The van der Waals surface area contributed by atoms with Gasteiger partial charge < -0.3 is 14.4 Å². The smallest absolute Gasteiger partial charge is 0.311 e. The Morgan fingerprint density at radius 2 is 2.08 bits per heavy atom. The second-order valence-corrected chi connectivity index (χ2v) is 5.07. The molecule has 0 saturated carbocycles. The number of nitro benzene ring substituents is 1. The molecule has 24 heavy (non-hydrogen) atoms. The number of hydrogen-bond donors (Lipinski definition) is 0. The first-order valence-corrected chi connectivity index (χ1v) is 7.16. The highest BCUT2D eigenvalue weighted by atomic mass is 16.6. The lowest BCUT2D eigenvalue weighted by Gasteiger charge is -2.23. The lowest BCUT2D eigenvalue weighted by Crippen LogP contribution is -2.37. The number of carbonyl (C=O) groups excluding carboxylic acids is 2. The predicted octanol–water partition coefficient (Wildman–Crippen LogP) is 2.04. The molecule has 1 rings (SSSR count). The fourth-order valence-corrected chi connectivity index (χ4v) is 2.15. The molecule has 1 amide bonds. The quantitative estimate of drug-likeness (QED) is 0.312. The van der Waals surface area contributed by atoms with Gasteiger partial charge in [0.15, 0.2) is 5.75 Å². The van der Waals surface area contributed by atoms with Crippen molar-refractivity contribution in [2.45, 2.75) is 6.92 Å². The topological polar surface area (TPSA) is 99.0 Å². The third-order valence-electron chi connectivity index (χ3n) is 3.36. The van der Waals surface area contributed by atoms with Gasteiger partial charge in [0, 0.05) is 24.7 Å². The Kier molecular flexibility index (Phi) is 6.91. The number of amides is 1. The zero-order chi connectivity index (χ0) is 18.3. The van der Waals surface area contributed by atoms with E-state index >= 15 is 0 Å². The van der Waals surface area contributed by atoms with Gasteiger partial charge >= 0.3 is 11.7 Å². The van der Waals surface area contributed by atoms with Crippen molar-refractivity contribution in [3.63, 3.8) is 0 Å². The molecule has 130 valence electrons. The molecule has 0 N–H and O–H groups in total.